The summed E-state index contributed by atoms with van der Waals surface area (Å²) in [5, 5.41) is 4.37. The standard InChI is InChI=1S/C8H18N.Na/c1-7(2)5-9-6-8(3)4;/h7-8H,5-6H2,1-4H3;/q-1;+1. The van der Waals surface area contributed by atoms with Gasteiger partial charge < -0.3 is 5.32 Å². The minimum absolute atomic E-state index is 0. The number of nitrogens with zero attached hydrogens (tertiary/aromatic N) is 1. The Bertz CT molecular complexity index is 54.3. The molecule has 2 heteroatoms. The van der Waals surface area contributed by atoms with Crippen molar-refractivity contribution >= 4 is 0 Å². The SMILES string of the molecule is CC(C)C[N-]CC(C)C.[Na+]. The predicted octanol–water partition coefficient (Wildman–Crippen LogP) is -0.324. The van der Waals surface area contributed by atoms with Crippen LogP contribution in [0.5, 0.6) is 0 Å². The van der Waals surface area contributed by atoms with Crippen LogP contribution in [0.1, 0.15) is 27.7 Å². The van der Waals surface area contributed by atoms with E-state index in [1.165, 1.54) is 0 Å². The monoisotopic (exact) mass is 151 g/mol. The maximum Gasteiger partial charge on any atom is 1.00 e. The Labute approximate surface area is 87.3 Å². The molecule has 0 aliphatic heterocycles. The van der Waals surface area contributed by atoms with E-state index in [-0.39, 0.29) is 29.6 Å². The first-order chi connectivity index (χ1) is 4.13. The third-order valence-electron chi connectivity index (χ3n) is 0.988. The van der Waals surface area contributed by atoms with Gasteiger partial charge in [-0.1, -0.05) is 39.5 Å². The summed E-state index contributed by atoms with van der Waals surface area (Å²) < 4.78 is 0. The molecule has 0 saturated carbocycles. The number of rotatable bonds is 4. The molecule has 0 unspecified atom stereocenters. The van der Waals surface area contributed by atoms with E-state index in [2.05, 4.69) is 33.0 Å². The Balaban J connectivity index is 0. The van der Waals surface area contributed by atoms with Gasteiger partial charge >= 0.3 is 29.6 Å². The quantitative estimate of drug-likeness (QED) is 0.489. The molecule has 0 aromatic rings. The third-order valence-corrected chi connectivity index (χ3v) is 0.988. The first-order valence-electron chi connectivity index (χ1n) is 3.76. The fourth-order valence-corrected chi connectivity index (χ4v) is 0.591. The molecular formula is C8H18NNa. The van der Waals surface area contributed by atoms with Crippen LogP contribution in [-0.2, 0) is 0 Å². The van der Waals surface area contributed by atoms with Gasteiger partial charge in [0.25, 0.3) is 0 Å². The van der Waals surface area contributed by atoms with Gasteiger partial charge in [-0.15, -0.1) is 13.1 Å². The summed E-state index contributed by atoms with van der Waals surface area (Å²) in [7, 11) is 0. The van der Waals surface area contributed by atoms with E-state index in [9.17, 15) is 0 Å². The maximum atomic E-state index is 4.37. The summed E-state index contributed by atoms with van der Waals surface area (Å²) in [6.07, 6.45) is 0. The summed E-state index contributed by atoms with van der Waals surface area (Å²) in [5.41, 5.74) is 0. The van der Waals surface area contributed by atoms with Crippen molar-refractivity contribution in [2.75, 3.05) is 13.1 Å². The largest absolute Gasteiger partial charge is 1.00 e. The normalized spacial score (nSPS) is 10.2. The molecule has 0 rings (SSSR count). The maximum absolute atomic E-state index is 4.37. The topological polar surface area (TPSA) is 14.1 Å². The summed E-state index contributed by atoms with van der Waals surface area (Å²) in [4.78, 5) is 0. The molecule has 0 bridgehead atoms. The fraction of sp³-hybridized carbons (Fsp3) is 1.00. The Kier molecular flexibility index (Phi) is 10.9. The zero-order valence-corrected chi connectivity index (χ0v) is 10.0. The van der Waals surface area contributed by atoms with Gasteiger partial charge in [0.05, 0.1) is 0 Å². The molecule has 0 N–H and O–H groups in total. The van der Waals surface area contributed by atoms with Gasteiger partial charge in [0, 0.05) is 0 Å². The van der Waals surface area contributed by atoms with Crippen LogP contribution in [0.25, 0.3) is 5.32 Å². The second-order valence-electron chi connectivity index (χ2n) is 3.38. The molecular weight excluding hydrogens is 133 g/mol. The van der Waals surface area contributed by atoms with Gasteiger partial charge in [-0.25, -0.2) is 0 Å². The van der Waals surface area contributed by atoms with Gasteiger partial charge in [0.15, 0.2) is 0 Å². The molecule has 0 amide bonds. The van der Waals surface area contributed by atoms with Crippen LogP contribution >= 0.6 is 0 Å². The summed E-state index contributed by atoms with van der Waals surface area (Å²) in [6, 6.07) is 0. The van der Waals surface area contributed by atoms with Crippen molar-refractivity contribution in [2.24, 2.45) is 11.8 Å². The minimum Gasteiger partial charge on any atom is -0.662 e. The predicted molar refractivity (Wildman–Crippen MR) is 42.8 cm³/mol. The third kappa shape index (κ3) is 11.7. The van der Waals surface area contributed by atoms with Crippen molar-refractivity contribution < 1.29 is 29.6 Å². The Morgan fingerprint density at radius 3 is 1.40 bits per heavy atom. The van der Waals surface area contributed by atoms with Crippen LogP contribution in [0.2, 0.25) is 0 Å². The molecule has 0 heterocycles. The van der Waals surface area contributed by atoms with E-state index in [0.717, 1.165) is 24.9 Å². The average Bonchev–Trinajstić information content (AvgIpc) is 1.63. The Hall–Kier alpha value is 0.960. The number of hydrogen-bond acceptors (Lipinski definition) is 0. The summed E-state index contributed by atoms with van der Waals surface area (Å²) in [6.45, 7) is 10.8. The van der Waals surface area contributed by atoms with E-state index < -0.39 is 0 Å². The molecule has 0 radical (unpaired) electrons. The van der Waals surface area contributed by atoms with Gasteiger partial charge in [-0.2, -0.15) is 0 Å². The molecule has 0 aliphatic rings. The minimum atomic E-state index is 0. The zero-order valence-electron chi connectivity index (χ0n) is 8.02. The van der Waals surface area contributed by atoms with Crippen molar-refractivity contribution in [3.63, 3.8) is 0 Å². The Morgan fingerprint density at radius 2 is 1.20 bits per heavy atom. The smallest absolute Gasteiger partial charge is 0.662 e. The second kappa shape index (κ2) is 8.06. The first kappa shape index (κ1) is 13.5. The van der Waals surface area contributed by atoms with E-state index in [1.807, 2.05) is 0 Å². The zero-order chi connectivity index (χ0) is 7.28. The molecule has 0 aromatic heterocycles. The van der Waals surface area contributed by atoms with Gasteiger partial charge in [-0.05, 0) is 0 Å². The van der Waals surface area contributed by atoms with Crippen LogP contribution < -0.4 is 29.6 Å². The van der Waals surface area contributed by atoms with E-state index in [4.69, 9.17) is 0 Å². The molecule has 0 atom stereocenters. The van der Waals surface area contributed by atoms with E-state index in [0.29, 0.717) is 0 Å². The molecule has 0 aromatic carbocycles. The number of hydrogen-bond donors (Lipinski definition) is 0. The van der Waals surface area contributed by atoms with Crippen molar-refractivity contribution in [3.05, 3.63) is 5.32 Å². The summed E-state index contributed by atoms with van der Waals surface area (Å²) >= 11 is 0. The molecule has 0 saturated heterocycles. The molecule has 56 valence electrons. The van der Waals surface area contributed by atoms with Gasteiger partial charge in [-0.3, -0.25) is 0 Å². The van der Waals surface area contributed by atoms with Crippen LogP contribution in [0.4, 0.5) is 0 Å². The van der Waals surface area contributed by atoms with Crippen LogP contribution in [0.3, 0.4) is 0 Å². The molecule has 10 heavy (non-hydrogen) atoms. The van der Waals surface area contributed by atoms with Crippen molar-refractivity contribution in [1.82, 2.24) is 0 Å². The van der Waals surface area contributed by atoms with E-state index >= 15 is 0 Å². The van der Waals surface area contributed by atoms with Crippen molar-refractivity contribution in [3.8, 4) is 0 Å². The molecule has 0 spiro atoms. The van der Waals surface area contributed by atoms with Gasteiger partial charge in [0.1, 0.15) is 0 Å². The van der Waals surface area contributed by atoms with Crippen LogP contribution in [-0.4, -0.2) is 13.1 Å². The van der Waals surface area contributed by atoms with E-state index in [1.54, 1.807) is 0 Å². The molecule has 0 fully saturated rings. The summed E-state index contributed by atoms with van der Waals surface area (Å²) in [5.74, 6) is 1.45. The molecule has 0 aliphatic carbocycles. The van der Waals surface area contributed by atoms with Crippen LogP contribution in [0, 0.1) is 11.8 Å². The van der Waals surface area contributed by atoms with Crippen molar-refractivity contribution in [1.29, 1.82) is 0 Å². The van der Waals surface area contributed by atoms with Crippen LogP contribution in [0.15, 0.2) is 0 Å². The second-order valence-corrected chi connectivity index (χ2v) is 3.38. The van der Waals surface area contributed by atoms with Crippen molar-refractivity contribution in [2.45, 2.75) is 27.7 Å². The first-order valence-corrected chi connectivity index (χ1v) is 3.76. The molecule has 1 nitrogen and oxygen atoms in total. The van der Waals surface area contributed by atoms with Gasteiger partial charge in [0.2, 0.25) is 0 Å². The average molecular weight is 151 g/mol. The Morgan fingerprint density at radius 1 is 0.900 bits per heavy atom. The fourth-order valence-electron chi connectivity index (χ4n) is 0.591.